The van der Waals surface area contributed by atoms with Gasteiger partial charge in [-0.25, -0.2) is 4.98 Å². The van der Waals surface area contributed by atoms with E-state index in [0.717, 1.165) is 28.2 Å². The second-order valence-electron chi connectivity index (χ2n) is 15.5. The van der Waals surface area contributed by atoms with Crippen LogP contribution in [-0.2, 0) is 0 Å². The van der Waals surface area contributed by atoms with Crippen LogP contribution in [0, 0.1) is 0 Å². The predicted octanol–water partition coefficient (Wildman–Crippen LogP) is 11.6. The lowest BCUT2D eigenvalue weighted by Crippen LogP contribution is -2.48. The van der Waals surface area contributed by atoms with Crippen LogP contribution in [0.1, 0.15) is 0 Å². The van der Waals surface area contributed by atoms with Crippen LogP contribution in [0.5, 0.6) is 0 Å². The molecule has 0 atom stereocenters. The van der Waals surface area contributed by atoms with E-state index >= 15 is 0 Å². The first-order chi connectivity index (χ1) is 29.3. The van der Waals surface area contributed by atoms with Gasteiger partial charge in [-0.3, -0.25) is 4.40 Å². The number of fused-ring (bicyclic) bond motifs is 7. The standard InChI is InChI=1S/C55H36BN3/c1-4-16-37(17-5-1)55-54(57-52-28-12-13-33-58(52)55)41-19-14-18-40(34-41)44-25-15-26-49-53(44)47-36-38(29-31-48(47)56(49)42-20-6-2-7-21-42)39-30-32-51-46(35-39)45-24-10-11-27-50(45)59(51)43-22-8-3-9-23-43/h1-36H. The molecule has 4 heteroatoms. The van der Waals surface area contributed by atoms with Gasteiger partial charge >= 0.3 is 0 Å². The number of benzene rings is 8. The Kier molecular flexibility index (Phi) is 7.64. The predicted molar refractivity (Wildman–Crippen MR) is 248 cm³/mol. The number of hydrogen-bond donors (Lipinski definition) is 0. The Labute approximate surface area is 343 Å². The maximum atomic E-state index is 5.22. The third kappa shape index (κ3) is 5.34. The maximum Gasteiger partial charge on any atom is 0.242 e. The van der Waals surface area contributed by atoms with E-state index in [9.17, 15) is 0 Å². The average Bonchev–Trinajstić information content (AvgIpc) is 3.98. The van der Waals surface area contributed by atoms with E-state index in [1.165, 1.54) is 77.3 Å². The van der Waals surface area contributed by atoms with E-state index in [1.54, 1.807) is 0 Å². The number of rotatable bonds is 6. The van der Waals surface area contributed by atoms with E-state index in [0.29, 0.717) is 0 Å². The lowest BCUT2D eigenvalue weighted by Gasteiger charge is -2.14. The summed E-state index contributed by atoms with van der Waals surface area (Å²) in [5.74, 6) is 0. The Bertz CT molecular complexity index is 3380. The molecule has 0 amide bonds. The molecule has 12 rings (SSSR count). The fourth-order valence-corrected chi connectivity index (χ4v) is 9.64. The molecule has 0 radical (unpaired) electrons. The summed E-state index contributed by atoms with van der Waals surface area (Å²) in [5.41, 5.74) is 20.2. The van der Waals surface area contributed by atoms with Crippen LogP contribution in [0.25, 0.3) is 89.0 Å². The van der Waals surface area contributed by atoms with Crippen molar-refractivity contribution in [3.8, 4) is 61.6 Å². The number of aromatic nitrogens is 3. The van der Waals surface area contributed by atoms with Crippen LogP contribution in [-0.4, -0.2) is 20.7 Å². The summed E-state index contributed by atoms with van der Waals surface area (Å²) in [4.78, 5) is 5.22. The first kappa shape index (κ1) is 33.5. The molecule has 1 aliphatic heterocycles. The fraction of sp³-hybridized carbons (Fsp3) is 0. The molecule has 0 saturated carbocycles. The molecular formula is C55H36BN3. The molecule has 0 spiro atoms. The van der Waals surface area contributed by atoms with Crippen LogP contribution in [0.3, 0.4) is 0 Å². The van der Waals surface area contributed by atoms with Gasteiger partial charge < -0.3 is 4.57 Å². The molecule has 8 aromatic carbocycles. The Hall–Kier alpha value is -7.69. The van der Waals surface area contributed by atoms with Gasteiger partial charge in [0.25, 0.3) is 0 Å². The van der Waals surface area contributed by atoms with Crippen LogP contribution in [0.15, 0.2) is 219 Å². The smallest absolute Gasteiger partial charge is 0.242 e. The monoisotopic (exact) mass is 749 g/mol. The molecule has 0 fully saturated rings. The summed E-state index contributed by atoms with van der Waals surface area (Å²) in [7, 11) is 0. The molecule has 0 bridgehead atoms. The second-order valence-corrected chi connectivity index (χ2v) is 15.5. The van der Waals surface area contributed by atoms with E-state index < -0.39 is 0 Å². The SMILES string of the molecule is c1ccc(B2c3ccc(-c4ccc5c(c4)c4ccccc4n5-c4ccccc4)cc3-c3c2cccc3-c2cccc(-c3nc4ccccn4c3-c3ccccc3)c2)cc1. The molecule has 3 aromatic heterocycles. The van der Waals surface area contributed by atoms with Gasteiger partial charge in [0, 0.05) is 33.8 Å². The van der Waals surface area contributed by atoms with E-state index in [-0.39, 0.29) is 6.71 Å². The molecule has 4 heterocycles. The van der Waals surface area contributed by atoms with E-state index in [2.05, 4.69) is 227 Å². The van der Waals surface area contributed by atoms with Crippen molar-refractivity contribution in [1.82, 2.24) is 14.0 Å². The zero-order valence-electron chi connectivity index (χ0n) is 32.2. The van der Waals surface area contributed by atoms with Gasteiger partial charge in [0.2, 0.25) is 6.71 Å². The van der Waals surface area contributed by atoms with Gasteiger partial charge in [-0.2, -0.15) is 0 Å². The highest BCUT2D eigenvalue weighted by Crippen LogP contribution is 2.40. The summed E-state index contributed by atoms with van der Waals surface area (Å²) in [6.07, 6.45) is 2.11. The highest BCUT2D eigenvalue weighted by molar-refractivity contribution is 6.99. The summed E-state index contributed by atoms with van der Waals surface area (Å²) >= 11 is 0. The lowest BCUT2D eigenvalue weighted by atomic mass is 9.39. The molecule has 1 aliphatic rings. The zero-order chi connectivity index (χ0) is 38.9. The van der Waals surface area contributed by atoms with E-state index in [1.807, 2.05) is 0 Å². The van der Waals surface area contributed by atoms with Crippen molar-refractivity contribution in [2.24, 2.45) is 0 Å². The second kappa shape index (κ2) is 13.5. The van der Waals surface area contributed by atoms with Gasteiger partial charge in [-0.1, -0.05) is 174 Å². The highest BCUT2D eigenvalue weighted by Gasteiger charge is 2.35. The number of para-hydroxylation sites is 2. The van der Waals surface area contributed by atoms with Crippen molar-refractivity contribution >= 4 is 50.6 Å². The summed E-state index contributed by atoms with van der Waals surface area (Å²) in [5, 5.41) is 2.51. The van der Waals surface area contributed by atoms with Crippen LogP contribution in [0.2, 0.25) is 0 Å². The molecular weight excluding hydrogens is 713 g/mol. The van der Waals surface area contributed by atoms with Crippen molar-refractivity contribution in [3.05, 3.63) is 219 Å². The summed E-state index contributed by atoms with van der Waals surface area (Å²) in [6, 6.07) is 77.2. The topological polar surface area (TPSA) is 22.2 Å². The van der Waals surface area contributed by atoms with Crippen molar-refractivity contribution < 1.29 is 0 Å². The molecule has 0 saturated heterocycles. The van der Waals surface area contributed by atoms with Gasteiger partial charge in [-0.15, -0.1) is 0 Å². The molecule has 0 aliphatic carbocycles. The third-order valence-electron chi connectivity index (χ3n) is 12.2. The number of hydrogen-bond acceptors (Lipinski definition) is 1. The minimum absolute atomic E-state index is 0.132. The van der Waals surface area contributed by atoms with Crippen LogP contribution < -0.4 is 16.4 Å². The quantitative estimate of drug-likeness (QED) is 0.155. The zero-order valence-corrected chi connectivity index (χ0v) is 32.2. The van der Waals surface area contributed by atoms with Gasteiger partial charge in [-0.05, 0) is 88.0 Å². The summed E-state index contributed by atoms with van der Waals surface area (Å²) in [6.45, 7) is 0.132. The van der Waals surface area contributed by atoms with Crippen LogP contribution >= 0.6 is 0 Å². The molecule has 3 nitrogen and oxygen atoms in total. The first-order valence-corrected chi connectivity index (χ1v) is 20.3. The van der Waals surface area contributed by atoms with Crippen LogP contribution in [0.4, 0.5) is 0 Å². The largest absolute Gasteiger partial charge is 0.309 e. The highest BCUT2D eigenvalue weighted by atomic mass is 15.0. The molecule has 0 N–H and O–H groups in total. The van der Waals surface area contributed by atoms with Crippen molar-refractivity contribution in [1.29, 1.82) is 0 Å². The molecule has 11 aromatic rings. The Morgan fingerprint density at radius 2 is 1.08 bits per heavy atom. The fourth-order valence-electron chi connectivity index (χ4n) is 9.64. The first-order valence-electron chi connectivity index (χ1n) is 20.3. The molecule has 0 unspecified atom stereocenters. The van der Waals surface area contributed by atoms with Gasteiger partial charge in [0.05, 0.1) is 22.4 Å². The number of nitrogens with zero attached hydrogens (tertiary/aromatic N) is 3. The van der Waals surface area contributed by atoms with Crippen molar-refractivity contribution in [3.63, 3.8) is 0 Å². The average molecular weight is 750 g/mol. The lowest BCUT2D eigenvalue weighted by molar-refractivity contribution is 1.18. The molecule has 59 heavy (non-hydrogen) atoms. The van der Waals surface area contributed by atoms with Gasteiger partial charge in [0.15, 0.2) is 0 Å². The normalized spacial score (nSPS) is 12.0. The molecule has 274 valence electrons. The van der Waals surface area contributed by atoms with Crippen molar-refractivity contribution in [2.75, 3.05) is 0 Å². The Balaban J connectivity index is 1.04. The Morgan fingerprint density at radius 3 is 1.95 bits per heavy atom. The van der Waals surface area contributed by atoms with Crippen molar-refractivity contribution in [2.45, 2.75) is 0 Å². The maximum absolute atomic E-state index is 5.22. The summed E-state index contributed by atoms with van der Waals surface area (Å²) < 4.78 is 4.59. The van der Waals surface area contributed by atoms with Gasteiger partial charge in [0.1, 0.15) is 5.65 Å². The van der Waals surface area contributed by atoms with E-state index in [4.69, 9.17) is 4.98 Å². The minimum Gasteiger partial charge on any atom is -0.309 e. The minimum atomic E-state index is 0.132. The Morgan fingerprint density at radius 1 is 0.407 bits per heavy atom. The number of pyridine rings is 1. The third-order valence-corrected chi connectivity index (χ3v) is 12.2. The number of imidazole rings is 1.